The lowest BCUT2D eigenvalue weighted by molar-refractivity contribution is -0.122. The Balaban J connectivity index is 1.66. The zero-order valence-corrected chi connectivity index (χ0v) is 10.7. The van der Waals surface area contributed by atoms with Crippen LogP contribution in [0.25, 0.3) is 0 Å². The molecule has 0 spiro atoms. The molecule has 2 rings (SSSR count). The van der Waals surface area contributed by atoms with Crippen LogP contribution >= 0.6 is 0 Å². The van der Waals surface area contributed by atoms with Gasteiger partial charge in [0.25, 0.3) is 0 Å². The molecule has 1 fully saturated rings. The van der Waals surface area contributed by atoms with Gasteiger partial charge in [-0.05, 0) is 37.8 Å². The highest BCUT2D eigenvalue weighted by molar-refractivity contribution is 5.76. The Morgan fingerprint density at radius 3 is 3.00 bits per heavy atom. The van der Waals surface area contributed by atoms with Crippen molar-refractivity contribution in [3.63, 3.8) is 0 Å². The third kappa shape index (κ3) is 3.95. The number of hydrogen-bond donors (Lipinski definition) is 2. The lowest BCUT2D eigenvalue weighted by Crippen LogP contribution is -2.34. The van der Waals surface area contributed by atoms with E-state index in [1.54, 1.807) is 12.1 Å². The molecule has 1 atom stereocenters. The summed E-state index contributed by atoms with van der Waals surface area (Å²) < 4.78 is 5.47. The van der Waals surface area contributed by atoms with Crippen molar-refractivity contribution < 1.29 is 9.53 Å². The van der Waals surface area contributed by atoms with Crippen LogP contribution in [0.1, 0.15) is 26.2 Å². The standard InChI is InChI=1S/C14H20N2O2/c1-10(11-5-6-11)16-14(17)7-8-18-13-4-2-3-12(15)9-13/h2-4,9-11H,5-8,15H2,1H3,(H,16,17). The van der Waals surface area contributed by atoms with E-state index in [2.05, 4.69) is 12.2 Å². The molecule has 1 aliphatic rings. The van der Waals surface area contributed by atoms with Gasteiger partial charge in [0.15, 0.2) is 0 Å². The molecular formula is C14H20N2O2. The molecule has 3 N–H and O–H groups in total. The summed E-state index contributed by atoms with van der Waals surface area (Å²) in [7, 11) is 0. The first-order chi connectivity index (χ1) is 8.65. The van der Waals surface area contributed by atoms with Crippen molar-refractivity contribution in [2.75, 3.05) is 12.3 Å². The predicted octanol–water partition coefficient (Wildman–Crippen LogP) is 1.95. The van der Waals surface area contributed by atoms with E-state index in [1.807, 2.05) is 12.1 Å². The second-order valence-corrected chi connectivity index (χ2v) is 4.86. The van der Waals surface area contributed by atoms with E-state index < -0.39 is 0 Å². The van der Waals surface area contributed by atoms with E-state index in [1.165, 1.54) is 12.8 Å². The van der Waals surface area contributed by atoms with Crippen LogP contribution in [0.15, 0.2) is 24.3 Å². The van der Waals surface area contributed by atoms with Crippen LogP contribution < -0.4 is 15.8 Å². The molecule has 0 heterocycles. The lowest BCUT2D eigenvalue weighted by Gasteiger charge is -2.13. The van der Waals surface area contributed by atoms with Crippen molar-refractivity contribution in [1.82, 2.24) is 5.32 Å². The molecule has 1 aromatic rings. The second-order valence-electron chi connectivity index (χ2n) is 4.86. The highest BCUT2D eigenvalue weighted by atomic mass is 16.5. The minimum Gasteiger partial charge on any atom is -0.493 e. The summed E-state index contributed by atoms with van der Waals surface area (Å²) in [5, 5.41) is 3.00. The van der Waals surface area contributed by atoms with Crippen LogP contribution in [0, 0.1) is 5.92 Å². The number of nitrogen functional groups attached to an aromatic ring is 1. The molecular weight excluding hydrogens is 228 g/mol. The number of nitrogens with one attached hydrogen (secondary N) is 1. The number of ether oxygens (including phenoxy) is 1. The molecule has 4 nitrogen and oxygen atoms in total. The Morgan fingerprint density at radius 1 is 1.56 bits per heavy atom. The Bertz CT molecular complexity index is 416. The van der Waals surface area contributed by atoms with Crippen molar-refractivity contribution in [1.29, 1.82) is 0 Å². The van der Waals surface area contributed by atoms with Crippen molar-refractivity contribution in [3.05, 3.63) is 24.3 Å². The average Bonchev–Trinajstić information content (AvgIpc) is 3.12. The van der Waals surface area contributed by atoms with E-state index in [0.717, 1.165) is 0 Å². The van der Waals surface area contributed by atoms with Gasteiger partial charge in [-0.1, -0.05) is 6.07 Å². The second kappa shape index (κ2) is 5.76. The molecule has 1 saturated carbocycles. The fraction of sp³-hybridized carbons (Fsp3) is 0.500. The fourth-order valence-corrected chi connectivity index (χ4v) is 1.91. The maximum Gasteiger partial charge on any atom is 0.223 e. The first kappa shape index (κ1) is 12.7. The largest absolute Gasteiger partial charge is 0.493 e. The van der Waals surface area contributed by atoms with E-state index in [-0.39, 0.29) is 5.91 Å². The normalized spacial score (nSPS) is 16.1. The van der Waals surface area contributed by atoms with Crippen LogP contribution in [0.2, 0.25) is 0 Å². The van der Waals surface area contributed by atoms with Gasteiger partial charge in [0.05, 0.1) is 13.0 Å². The summed E-state index contributed by atoms with van der Waals surface area (Å²) in [5.74, 6) is 1.44. The van der Waals surface area contributed by atoms with Crippen LogP contribution in [0.3, 0.4) is 0 Å². The summed E-state index contributed by atoms with van der Waals surface area (Å²) in [4.78, 5) is 11.6. The molecule has 1 unspecified atom stereocenters. The third-order valence-electron chi connectivity index (χ3n) is 3.17. The van der Waals surface area contributed by atoms with E-state index in [0.29, 0.717) is 36.4 Å². The number of benzene rings is 1. The lowest BCUT2D eigenvalue weighted by atomic mass is 10.2. The minimum absolute atomic E-state index is 0.0540. The first-order valence-corrected chi connectivity index (χ1v) is 6.43. The van der Waals surface area contributed by atoms with Crippen molar-refractivity contribution in [2.45, 2.75) is 32.2 Å². The zero-order valence-electron chi connectivity index (χ0n) is 10.7. The molecule has 4 heteroatoms. The van der Waals surface area contributed by atoms with E-state index >= 15 is 0 Å². The summed E-state index contributed by atoms with van der Waals surface area (Å²) in [6.07, 6.45) is 2.86. The maximum absolute atomic E-state index is 11.6. The van der Waals surface area contributed by atoms with E-state index in [9.17, 15) is 4.79 Å². The molecule has 18 heavy (non-hydrogen) atoms. The topological polar surface area (TPSA) is 64.3 Å². The summed E-state index contributed by atoms with van der Waals surface area (Å²) in [5.41, 5.74) is 6.30. The summed E-state index contributed by atoms with van der Waals surface area (Å²) >= 11 is 0. The van der Waals surface area contributed by atoms with Crippen LogP contribution in [-0.4, -0.2) is 18.6 Å². The van der Waals surface area contributed by atoms with Gasteiger partial charge in [0.1, 0.15) is 5.75 Å². The number of carbonyl (C=O) groups is 1. The Hall–Kier alpha value is -1.71. The summed E-state index contributed by atoms with van der Waals surface area (Å²) in [6.45, 7) is 2.45. The molecule has 98 valence electrons. The highest BCUT2D eigenvalue weighted by Gasteiger charge is 2.28. The van der Waals surface area contributed by atoms with Gasteiger partial charge >= 0.3 is 0 Å². The van der Waals surface area contributed by atoms with Crippen molar-refractivity contribution >= 4 is 11.6 Å². The Kier molecular flexibility index (Phi) is 4.07. The Morgan fingerprint density at radius 2 is 2.33 bits per heavy atom. The Labute approximate surface area is 108 Å². The van der Waals surface area contributed by atoms with Crippen molar-refractivity contribution in [3.8, 4) is 5.75 Å². The van der Waals surface area contributed by atoms with Gasteiger partial charge in [-0.25, -0.2) is 0 Å². The van der Waals surface area contributed by atoms with E-state index in [4.69, 9.17) is 10.5 Å². The fourth-order valence-electron chi connectivity index (χ4n) is 1.91. The highest BCUT2D eigenvalue weighted by Crippen LogP contribution is 2.32. The average molecular weight is 248 g/mol. The monoisotopic (exact) mass is 248 g/mol. The molecule has 0 saturated heterocycles. The molecule has 0 aliphatic heterocycles. The smallest absolute Gasteiger partial charge is 0.223 e. The van der Waals surface area contributed by atoms with Gasteiger partial charge in [0, 0.05) is 17.8 Å². The third-order valence-corrected chi connectivity index (χ3v) is 3.17. The number of anilines is 1. The SMILES string of the molecule is CC(NC(=O)CCOc1cccc(N)c1)C1CC1. The number of hydrogen-bond acceptors (Lipinski definition) is 3. The maximum atomic E-state index is 11.6. The zero-order chi connectivity index (χ0) is 13.0. The predicted molar refractivity (Wildman–Crippen MR) is 71.3 cm³/mol. The van der Waals surface area contributed by atoms with Crippen molar-refractivity contribution in [2.24, 2.45) is 5.92 Å². The molecule has 0 aromatic heterocycles. The molecule has 1 aromatic carbocycles. The quantitative estimate of drug-likeness (QED) is 0.756. The molecule has 1 aliphatic carbocycles. The van der Waals surface area contributed by atoms with Gasteiger partial charge in [-0.3, -0.25) is 4.79 Å². The molecule has 0 radical (unpaired) electrons. The molecule has 1 amide bonds. The number of carbonyl (C=O) groups excluding carboxylic acids is 1. The van der Waals surface area contributed by atoms with Crippen LogP contribution in [-0.2, 0) is 4.79 Å². The van der Waals surface area contributed by atoms with Gasteiger partial charge < -0.3 is 15.8 Å². The number of nitrogens with two attached hydrogens (primary N) is 1. The first-order valence-electron chi connectivity index (χ1n) is 6.43. The van der Waals surface area contributed by atoms with Gasteiger partial charge in [0.2, 0.25) is 5.91 Å². The van der Waals surface area contributed by atoms with Gasteiger partial charge in [-0.2, -0.15) is 0 Å². The molecule has 0 bridgehead atoms. The van der Waals surface area contributed by atoms with Gasteiger partial charge in [-0.15, -0.1) is 0 Å². The van der Waals surface area contributed by atoms with Crippen LogP contribution in [0.4, 0.5) is 5.69 Å². The number of amides is 1. The van der Waals surface area contributed by atoms with Crippen LogP contribution in [0.5, 0.6) is 5.75 Å². The number of rotatable bonds is 6. The summed E-state index contributed by atoms with van der Waals surface area (Å²) in [6, 6.07) is 7.52. The minimum atomic E-state index is 0.0540.